The quantitative estimate of drug-likeness (QED) is 0.379. The monoisotopic (exact) mass is 474 g/mol. The van der Waals surface area contributed by atoms with E-state index in [1.807, 2.05) is 33.3 Å². The van der Waals surface area contributed by atoms with Gasteiger partial charge in [-0.15, -0.1) is 24.0 Å². The summed E-state index contributed by atoms with van der Waals surface area (Å²) in [5.74, 6) is 0.561. The molecule has 1 unspecified atom stereocenters. The van der Waals surface area contributed by atoms with Gasteiger partial charge in [0.15, 0.2) is 5.96 Å². The zero-order valence-electron chi connectivity index (χ0n) is 15.8. The van der Waals surface area contributed by atoms with Crippen LogP contribution in [-0.4, -0.2) is 42.7 Å². The predicted molar refractivity (Wildman–Crippen MR) is 114 cm³/mol. The number of ether oxygens (including phenoxy) is 1. The Morgan fingerprint density at radius 3 is 2.54 bits per heavy atom. The van der Waals surface area contributed by atoms with Gasteiger partial charge < -0.3 is 19.5 Å². The molecular weight excluding hydrogens is 446 g/mol. The fourth-order valence-electron chi connectivity index (χ4n) is 2.61. The molecule has 0 fully saturated rings. The highest BCUT2D eigenvalue weighted by atomic mass is 127. The highest BCUT2D eigenvalue weighted by Crippen LogP contribution is 2.17. The van der Waals surface area contributed by atoms with Crippen LogP contribution in [0.15, 0.2) is 47.6 Å². The third kappa shape index (κ3) is 6.28. The Hall–Kier alpha value is -1.61. The number of aliphatic imine (C=N–C) groups is 1. The smallest absolute Gasteiger partial charge is 0.194 e. The van der Waals surface area contributed by atoms with E-state index in [2.05, 4.69) is 20.9 Å². The first kappa shape index (κ1) is 22.4. The second-order valence-electron chi connectivity index (χ2n) is 5.94. The summed E-state index contributed by atoms with van der Waals surface area (Å²) < 4.78 is 20.7. The Morgan fingerprint density at radius 2 is 2.00 bits per heavy atom. The van der Waals surface area contributed by atoms with Crippen LogP contribution in [0.25, 0.3) is 0 Å². The minimum atomic E-state index is -0.252. The lowest BCUT2D eigenvalue weighted by Crippen LogP contribution is -2.39. The molecule has 7 heteroatoms. The van der Waals surface area contributed by atoms with E-state index >= 15 is 0 Å². The summed E-state index contributed by atoms with van der Waals surface area (Å²) in [5.41, 5.74) is 2.11. The van der Waals surface area contributed by atoms with Crippen molar-refractivity contribution in [2.45, 2.75) is 19.6 Å². The van der Waals surface area contributed by atoms with Crippen molar-refractivity contribution in [1.29, 1.82) is 0 Å². The van der Waals surface area contributed by atoms with Gasteiger partial charge >= 0.3 is 0 Å². The Kier molecular flexibility index (Phi) is 9.64. The number of halogens is 2. The third-order valence-corrected chi connectivity index (χ3v) is 4.08. The molecule has 0 bridgehead atoms. The summed E-state index contributed by atoms with van der Waals surface area (Å²) in [6.45, 7) is 4.04. The number of aryl methyl sites for hydroxylation is 1. The topological polar surface area (TPSA) is 41.8 Å². The lowest BCUT2D eigenvalue weighted by Gasteiger charge is -2.23. The van der Waals surface area contributed by atoms with Gasteiger partial charge in [0.25, 0.3) is 0 Å². The standard InChI is InChI=1S/C19H27FN4O.HI/c1-5-21-19(24(3)14-17-7-6-12-23(17)2)22-13-18(25-4)15-8-10-16(20)11-9-15;/h6-12,18H,5,13-14H2,1-4H3,(H,21,22);1H. The number of benzene rings is 1. The SMILES string of the molecule is CCNC(=NCC(OC)c1ccc(F)cc1)N(C)Cc1cccn1C.I. The highest BCUT2D eigenvalue weighted by molar-refractivity contribution is 14.0. The fraction of sp³-hybridized carbons (Fsp3) is 0.421. The third-order valence-electron chi connectivity index (χ3n) is 4.08. The van der Waals surface area contributed by atoms with Gasteiger partial charge in [-0.2, -0.15) is 0 Å². The van der Waals surface area contributed by atoms with Crippen molar-refractivity contribution in [1.82, 2.24) is 14.8 Å². The summed E-state index contributed by atoms with van der Waals surface area (Å²) in [4.78, 5) is 6.78. The first-order valence-electron chi connectivity index (χ1n) is 8.43. The molecule has 0 aliphatic carbocycles. The van der Waals surface area contributed by atoms with Crippen molar-refractivity contribution < 1.29 is 9.13 Å². The van der Waals surface area contributed by atoms with Gasteiger partial charge in [0.05, 0.1) is 13.1 Å². The number of aromatic nitrogens is 1. The van der Waals surface area contributed by atoms with Gasteiger partial charge in [-0.05, 0) is 36.8 Å². The number of hydrogen-bond acceptors (Lipinski definition) is 2. The minimum absolute atomic E-state index is 0. The van der Waals surface area contributed by atoms with E-state index in [0.717, 1.165) is 24.6 Å². The molecule has 0 spiro atoms. The second-order valence-corrected chi connectivity index (χ2v) is 5.94. The molecule has 1 N–H and O–H groups in total. The highest BCUT2D eigenvalue weighted by Gasteiger charge is 2.13. The first-order chi connectivity index (χ1) is 12.0. The van der Waals surface area contributed by atoms with Crippen molar-refractivity contribution in [3.05, 3.63) is 59.7 Å². The van der Waals surface area contributed by atoms with Crippen LogP contribution in [-0.2, 0) is 18.3 Å². The van der Waals surface area contributed by atoms with Crippen molar-refractivity contribution in [2.24, 2.45) is 12.0 Å². The summed E-state index contributed by atoms with van der Waals surface area (Å²) in [6.07, 6.45) is 1.82. The molecule has 144 valence electrons. The second kappa shape index (κ2) is 11.2. The van der Waals surface area contributed by atoms with Crippen molar-refractivity contribution in [3.63, 3.8) is 0 Å². The van der Waals surface area contributed by atoms with E-state index in [0.29, 0.717) is 6.54 Å². The number of guanidine groups is 1. The Bertz CT molecular complexity index is 687. The molecule has 2 rings (SSSR count). The number of nitrogens with one attached hydrogen (secondary N) is 1. The van der Waals surface area contributed by atoms with Crippen LogP contribution in [0.3, 0.4) is 0 Å². The Balaban J connectivity index is 0.00000338. The molecule has 0 aliphatic rings. The van der Waals surface area contributed by atoms with E-state index < -0.39 is 0 Å². The molecule has 1 atom stereocenters. The molecule has 1 aromatic heterocycles. The van der Waals surface area contributed by atoms with Crippen molar-refractivity contribution >= 4 is 29.9 Å². The van der Waals surface area contributed by atoms with Gasteiger partial charge in [-0.25, -0.2) is 4.39 Å². The van der Waals surface area contributed by atoms with E-state index in [4.69, 9.17) is 9.73 Å². The van der Waals surface area contributed by atoms with Crippen molar-refractivity contribution in [3.8, 4) is 0 Å². The first-order valence-corrected chi connectivity index (χ1v) is 8.43. The van der Waals surface area contributed by atoms with Crippen LogP contribution >= 0.6 is 24.0 Å². The van der Waals surface area contributed by atoms with Crippen LogP contribution in [0.2, 0.25) is 0 Å². The summed E-state index contributed by atoms with van der Waals surface area (Å²) in [6, 6.07) is 10.5. The number of rotatable bonds is 7. The fourth-order valence-corrected chi connectivity index (χ4v) is 2.61. The molecule has 0 amide bonds. The molecule has 0 saturated heterocycles. The molecule has 5 nitrogen and oxygen atoms in total. The lowest BCUT2D eigenvalue weighted by atomic mass is 10.1. The van der Waals surface area contributed by atoms with Gasteiger partial charge in [0.2, 0.25) is 0 Å². The van der Waals surface area contributed by atoms with Crippen LogP contribution < -0.4 is 5.32 Å². The number of nitrogens with zero attached hydrogens (tertiary/aromatic N) is 3. The zero-order valence-corrected chi connectivity index (χ0v) is 18.1. The van der Waals surface area contributed by atoms with Crippen molar-refractivity contribution in [2.75, 3.05) is 27.2 Å². The number of hydrogen-bond donors (Lipinski definition) is 1. The molecule has 1 heterocycles. The molecule has 0 saturated carbocycles. The van der Waals surface area contributed by atoms with Gasteiger partial charge in [0, 0.05) is 39.6 Å². The lowest BCUT2D eigenvalue weighted by molar-refractivity contribution is 0.110. The van der Waals surface area contributed by atoms with Crippen LogP contribution in [0.1, 0.15) is 24.3 Å². The normalized spacial score (nSPS) is 12.4. The van der Waals surface area contributed by atoms with E-state index in [9.17, 15) is 4.39 Å². The van der Waals surface area contributed by atoms with Crippen LogP contribution in [0, 0.1) is 5.82 Å². The maximum Gasteiger partial charge on any atom is 0.194 e. The zero-order chi connectivity index (χ0) is 18.2. The van der Waals surface area contributed by atoms with E-state index in [-0.39, 0.29) is 35.9 Å². The van der Waals surface area contributed by atoms with Gasteiger partial charge in [0.1, 0.15) is 11.9 Å². The van der Waals surface area contributed by atoms with Gasteiger partial charge in [-0.3, -0.25) is 4.99 Å². The maximum atomic E-state index is 13.1. The minimum Gasteiger partial charge on any atom is -0.375 e. The van der Waals surface area contributed by atoms with E-state index in [1.54, 1.807) is 19.2 Å². The molecule has 0 radical (unpaired) electrons. The summed E-state index contributed by atoms with van der Waals surface area (Å²) in [5, 5.41) is 3.31. The molecule has 0 aliphatic heterocycles. The van der Waals surface area contributed by atoms with E-state index in [1.165, 1.54) is 17.8 Å². The predicted octanol–water partition coefficient (Wildman–Crippen LogP) is 3.57. The van der Waals surface area contributed by atoms with Crippen LogP contribution in [0.4, 0.5) is 4.39 Å². The summed E-state index contributed by atoms with van der Waals surface area (Å²) in [7, 11) is 5.68. The number of methoxy groups -OCH3 is 1. The molecule has 2 aromatic rings. The Morgan fingerprint density at radius 1 is 1.31 bits per heavy atom. The summed E-state index contributed by atoms with van der Waals surface area (Å²) >= 11 is 0. The average molecular weight is 474 g/mol. The molecule has 1 aromatic carbocycles. The Labute approximate surface area is 172 Å². The molecule has 26 heavy (non-hydrogen) atoms. The average Bonchev–Trinajstić information content (AvgIpc) is 3.00. The maximum absolute atomic E-state index is 13.1. The molecular formula is C19H28FIN4O. The largest absolute Gasteiger partial charge is 0.375 e. The van der Waals surface area contributed by atoms with Crippen LogP contribution in [0.5, 0.6) is 0 Å². The van der Waals surface area contributed by atoms with Gasteiger partial charge in [-0.1, -0.05) is 12.1 Å².